The molecule has 166 valence electrons. The number of hydrogen-bond donors (Lipinski definition) is 2. The molecule has 1 aromatic carbocycles. The Labute approximate surface area is 180 Å². The molecule has 3 rings (SSSR count). The molecule has 2 N–H and O–H groups in total. The first-order valence-electron chi connectivity index (χ1n) is 11.3. The van der Waals surface area contributed by atoms with Gasteiger partial charge in [-0.3, -0.25) is 9.59 Å². The molecule has 0 aromatic heterocycles. The van der Waals surface area contributed by atoms with E-state index < -0.39 is 11.8 Å². The molecule has 6 nitrogen and oxygen atoms in total. The number of rotatable bonds is 7. The van der Waals surface area contributed by atoms with Crippen molar-refractivity contribution in [1.29, 1.82) is 0 Å². The van der Waals surface area contributed by atoms with Crippen molar-refractivity contribution in [3.8, 4) is 5.75 Å². The third-order valence-corrected chi connectivity index (χ3v) is 6.09. The van der Waals surface area contributed by atoms with Gasteiger partial charge in [0.25, 0.3) is 0 Å². The zero-order chi connectivity index (χ0) is 21.7. The van der Waals surface area contributed by atoms with E-state index in [1.165, 1.54) is 6.42 Å². The molecule has 1 saturated heterocycles. The van der Waals surface area contributed by atoms with Crippen LogP contribution in [0.3, 0.4) is 0 Å². The van der Waals surface area contributed by atoms with Crippen LogP contribution in [-0.4, -0.2) is 36.2 Å². The van der Waals surface area contributed by atoms with Crippen molar-refractivity contribution in [3.63, 3.8) is 0 Å². The zero-order valence-electron chi connectivity index (χ0n) is 18.8. The molecule has 1 aliphatic carbocycles. The van der Waals surface area contributed by atoms with E-state index in [9.17, 15) is 9.59 Å². The van der Waals surface area contributed by atoms with Gasteiger partial charge in [0.1, 0.15) is 5.75 Å². The van der Waals surface area contributed by atoms with Gasteiger partial charge in [-0.05, 0) is 69.9 Å². The van der Waals surface area contributed by atoms with Gasteiger partial charge >= 0.3 is 11.8 Å². The molecule has 1 aliphatic heterocycles. The molecule has 1 spiro atoms. The van der Waals surface area contributed by atoms with Crippen LogP contribution in [0.4, 0.5) is 0 Å². The average Bonchev–Trinajstić information content (AvgIpc) is 2.65. The molecule has 2 amide bonds. The highest BCUT2D eigenvalue weighted by Crippen LogP contribution is 2.42. The Bertz CT molecular complexity index is 758. The summed E-state index contributed by atoms with van der Waals surface area (Å²) in [6.45, 7) is 9.31. The lowest BCUT2D eigenvalue weighted by atomic mass is 9.74. The van der Waals surface area contributed by atoms with Gasteiger partial charge in [-0.25, -0.2) is 0 Å². The first kappa shape index (κ1) is 22.6. The van der Waals surface area contributed by atoms with E-state index in [1.807, 2.05) is 25.1 Å². The molecule has 2 unspecified atom stereocenters. The molecule has 1 heterocycles. The van der Waals surface area contributed by atoms with E-state index in [0.717, 1.165) is 49.0 Å². The molecule has 0 bridgehead atoms. The van der Waals surface area contributed by atoms with Crippen molar-refractivity contribution in [2.75, 3.05) is 6.61 Å². The summed E-state index contributed by atoms with van der Waals surface area (Å²) in [6.07, 6.45) is 5.87. The zero-order valence-corrected chi connectivity index (χ0v) is 18.8. The number of carbonyl (C=O) groups excluding carboxylic acids is 2. The van der Waals surface area contributed by atoms with Crippen LogP contribution in [0.25, 0.3) is 0 Å². The Morgan fingerprint density at radius 2 is 2.00 bits per heavy atom. The molecule has 2 atom stereocenters. The summed E-state index contributed by atoms with van der Waals surface area (Å²) in [4.78, 5) is 24.8. The largest absolute Gasteiger partial charge is 0.490 e. The molecule has 30 heavy (non-hydrogen) atoms. The number of ether oxygens (including phenoxy) is 2. The van der Waals surface area contributed by atoms with Crippen molar-refractivity contribution >= 4 is 11.8 Å². The molecule has 2 fully saturated rings. The minimum atomic E-state index is -0.606. The lowest BCUT2D eigenvalue weighted by Crippen LogP contribution is -2.53. The number of carbonyl (C=O) groups is 2. The van der Waals surface area contributed by atoms with Crippen LogP contribution in [0.5, 0.6) is 5.75 Å². The quantitative estimate of drug-likeness (QED) is 0.666. The van der Waals surface area contributed by atoms with Gasteiger partial charge in [-0.15, -0.1) is 0 Å². The number of benzene rings is 1. The van der Waals surface area contributed by atoms with Crippen molar-refractivity contribution in [2.45, 2.75) is 90.5 Å². The highest BCUT2D eigenvalue weighted by atomic mass is 16.5. The van der Waals surface area contributed by atoms with E-state index in [2.05, 4.69) is 31.4 Å². The van der Waals surface area contributed by atoms with Crippen LogP contribution in [0.1, 0.15) is 70.4 Å². The minimum Gasteiger partial charge on any atom is -0.490 e. The second-order valence-corrected chi connectivity index (χ2v) is 9.40. The van der Waals surface area contributed by atoms with Crippen LogP contribution in [0, 0.1) is 12.8 Å². The Morgan fingerprint density at radius 3 is 2.67 bits per heavy atom. The van der Waals surface area contributed by atoms with Crippen LogP contribution in [0.2, 0.25) is 0 Å². The fourth-order valence-corrected chi connectivity index (χ4v) is 4.42. The summed E-state index contributed by atoms with van der Waals surface area (Å²) in [5.74, 6) is 0.131. The smallest absolute Gasteiger partial charge is 0.309 e. The van der Waals surface area contributed by atoms with Crippen LogP contribution < -0.4 is 15.4 Å². The van der Waals surface area contributed by atoms with Gasteiger partial charge in [0.2, 0.25) is 0 Å². The summed E-state index contributed by atoms with van der Waals surface area (Å²) >= 11 is 0. The highest BCUT2D eigenvalue weighted by Gasteiger charge is 2.43. The predicted molar refractivity (Wildman–Crippen MR) is 116 cm³/mol. The van der Waals surface area contributed by atoms with Crippen LogP contribution >= 0.6 is 0 Å². The molecular formula is C24H36N2O4. The molecular weight excluding hydrogens is 380 g/mol. The molecule has 2 aliphatic rings. The van der Waals surface area contributed by atoms with E-state index in [0.29, 0.717) is 12.5 Å². The van der Waals surface area contributed by atoms with Gasteiger partial charge in [0, 0.05) is 24.8 Å². The lowest BCUT2D eigenvalue weighted by Gasteiger charge is -2.47. The monoisotopic (exact) mass is 416 g/mol. The molecule has 0 radical (unpaired) electrons. The summed E-state index contributed by atoms with van der Waals surface area (Å²) < 4.78 is 12.0. The fraction of sp³-hybridized carbons (Fsp3) is 0.667. The van der Waals surface area contributed by atoms with Gasteiger partial charge in [-0.1, -0.05) is 26.0 Å². The van der Waals surface area contributed by atoms with Crippen molar-refractivity contribution < 1.29 is 19.1 Å². The average molecular weight is 417 g/mol. The fourth-order valence-electron chi connectivity index (χ4n) is 4.42. The summed E-state index contributed by atoms with van der Waals surface area (Å²) in [7, 11) is 0. The number of amides is 2. The first-order valence-corrected chi connectivity index (χ1v) is 11.3. The van der Waals surface area contributed by atoms with Crippen molar-refractivity contribution in [3.05, 3.63) is 29.3 Å². The second-order valence-electron chi connectivity index (χ2n) is 9.40. The summed E-state index contributed by atoms with van der Waals surface area (Å²) in [5.41, 5.74) is 1.91. The Morgan fingerprint density at radius 1 is 1.23 bits per heavy atom. The number of aryl methyl sites for hydroxylation is 1. The minimum absolute atomic E-state index is 0.00690. The number of nitrogens with one attached hydrogen (secondary N) is 2. The van der Waals surface area contributed by atoms with Gasteiger partial charge in [0.15, 0.2) is 0 Å². The summed E-state index contributed by atoms with van der Waals surface area (Å²) in [5, 5.41) is 5.64. The number of hydrogen-bond acceptors (Lipinski definition) is 4. The maximum absolute atomic E-state index is 12.4. The normalized spacial score (nSPS) is 21.0. The molecule has 1 aromatic rings. The van der Waals surface area contributed by atoms with Crippen molar-refractivity contribution in [1.82, 2.24) is 10.6 Å². The maximum atomic E-state index is 12.4. The third kappa shape index (κ3) is 5.97. The Hall–Kier alpha value is -2.08. The topological polar surface area (TPSA) is 76.7 Å². The Balaban J connectivity index is 1.53. The SMILES string of the molecule is Cc1ccc(CNC(=O)C(=O)NC2CCOC3(CCC3)C2)c(OC(C)CC(C)C)c1. The predicted octanol–water partition coefficient (Wildman–Crippen LogP) is 3.64. The molecule has 6 heteroatoms. The maximum Gasteiger partial charge on any atom is 0.309 e. The van der Waals surface area contributed by atoms with E-state index >= 15 is 0 Å². The van der Waals surface area contributed by atoms with Crippen LogP contribution in [0.15, 0.2) is 18.2 Å². The first-order chi connectivity index (χ1) is 14.3. The van der Waals surface area contributed by atoms with E-state index in [-0.39, 0.29) is 24.3 Å². The summed E-state index contributed by atoms with van der Waals surface area (Å²) in [6, 6.07) is 5.93. The Kier molecular flexibility index (Phi) is 7.40. The second kappa shape index (κ2) is 9.82. The highest BCUT2D eigenvalue weighted by molar-refractivity contribution is 6.35. The van der Waals surface area contributed by atoms with Gasteiger partial charge < -0.3 is 20.1 Å². The third-order valence-electron chi connectivity index (χ3n) is 6.09. The van der Waals surface area contributed by atoms with E-state index in [1.54, 1.807) is 0 Å². The van der Waals surface area contributed by atoms with Gasteiger partial charge in [-0.2, -0.15) is 0 Å². The molecule has 1 saturated carbocycles. The van der Waals surface area contributed by atoms with Crippen molar-refractivity contribution in [2.24, 2.45) is 5.92 Å². The van der Waals surface area contributed by atoms with Gasteiger partial charge in [0.05, 0.1) is 11.7 Å². The lowest BCUT2D eigenvalue weighted by molar-refractivity contribution is -0.147. The standard InChI is InChI=1S/C24H36N2O4/c1-16(2)12-18(4)30-21-13-17(3)6-7-19(21)15-25-22(27)23(28)26-20-8-11-29-24(14-20)9-5-10-24/h6-7,13,16,18,20H,5,8-12,14-15H2,1-4H3,(H,25,27)(H,26,28). The van der Waals surface area contributed by atoms with Crippen LogP contribution in [-0.2, 0) is 20.9 Å². The van der Waals surface area contributed by atoms with E-state index in [4.69, 9.17) is 9.47 Å².